The molecule has 0 spiro atoms. The zero-order chi connectivity index (χ0) is 15.4. The van der Waals surface area contributed by atoms with Crippen LogP contribution in [0.15, 0.2) is 36.4 Å². The lowest BCUT2D eigenvalue weighted by Gasteiger charge is -2.13. The minimum atomic E-state index is -1.08. The van der Waals surface area contributed by atoms with Crippen LogP contribution in [0.1, 0.15) is 34.1 Å². The first-order valence-electron chi connectivity index (χ1n) is 6.47. The second-order valence-electron chi connectivity index (χ2n) is 4.75. The Morgan fingerprint density at radius 1 is 1.24 bits per heavy atom. The number of hydrogen-bond acceptors (Lipinski definition) is 3. The van der Waals surface area contributed by atoms with Crippen LogP contribution in [0.25, 0.3) is 10.8 Å². The first-order chi connectivity index (χ1) is 10.0. The van der Waals surface area contributed by atoms with Crippen molar-refractivity contribution in [1.82, 2.24) is 5.32 Å². The van der Waals surface area contributed by atoms with Gasteiger partial charge in [-0.1, -0.05) is 24.3 Å². The van der Waals surface area contributed by atoms with Crippen LogP contribution in [0.5, 0.6) is 0 Å². The number of carboxylic acids is 1. The van der Waals surface area contributed by atoms with Crippen molar-refractivity contribution in [2.45, 2.75) is 19.4 Å². The van der Waals surface area contributed by atoms with E-state index in [1.165, 1.54) is 6.07 Å². The molecule has 106 valence electrons. The summed E-state index contributed by atoms with van der Waals surface area (Å²) in [7, 11) is 0. The SMILES string of the molecule is CC(CC#N)NC(=O)c1cccc2cccc(C(=O)O)c12. The lowest BCUT2D eigenvalue weighted by molar-refractivity contribution is 0.0699. The monoisotopic (exact) mass is 282 g/mol. The third-order valence-electron chi connectivity index (χ3n) is 3.15. The number of benzene rings is 2. The highest BCUT2D eigenvalue weighted by Crippen LogP contribution is 2.23. The highest BCUT2D eigenvalue weighted by molar-refractivity contribution is 6.14. The summed E-state index contributed by atoms with van der Waals surface area (Å²) >= 11 is 0. The van der Waals surface area contributed by atoms with Crippen molar-refractivity contribution >= 4 is 22.6 Å². The molecule has 1 atom stereocenters. The van der Waals surface area contributed by atoms with Gasteiger partial charge >= 0.3 is 5.97 Å². The number of carbonyl (C=O) groups is 2. The van der Waals surface area contributed by atoms with Gasteiger partial charge in [0.1, 0.15) is 0 Å². The standard InChI is InChI=1S/C16H14N2O3/c1-10(8-9-17)18-15(19)12-6-2-4-11-5-3-7-13(14(11)12)16(20)21/h2-7,10H,8H2,1H3,(H,18,19)(H,20,21). The van der Waals surface area contributed by atoms with Gasteiger partial charge < -0.3 is 10.4 Å². The minimum Gasteiger partial charge on any atom is -0.478 e. The zero-order valence-electron chi connectivity index (χ0n) is 11.5. The lowest BCUT2D eigenvalue weighted by Crippen LogP contribution is -2.32. The van der Waals surface area contributed by atoms with E-state index in [0.717, 1.165) is 0 Å². The molecule has 2 rings (SSSR count). The molecule has 2 aromatic carbocycles. The van der Waals surface area contributed by atoms with Crippen molar-refractivity contribution in [3.63, 3.8) is 0 Å². The molecule has 2 aromatic rings. The number of amides is 1. The number of carboxylic acid groups (broad SMARTS) is 1. The highest BCUT2D eigenvalue weighted by atomic mass is 16.4. The Kier molecular flexibility index (Phi) is 4.19. The lowest BCUT2D eigenvalue weighted by atomic mass is 9.98. The molecule has 5 nitrogen and oxygen atoms in total. The molecule has 1 unspecified atom stereocenters. The van der Waals surface area contributed by atoms with Gasteiger partial charge in [-0.15, -0.1) is 0 Å². The van der Waals surface area contributed by atoms with Gasteiger partial charge in [0.15, 0.2) is 0 Å². The molecular weight excluding hydrogens is 268 g/mol. The molecule has 5 heteroatoms. The van der Waals surface area contributed by atoms with Crippen molar-refractivity contribution in [3.05, 3.63) is 47.5 Å². The average molecular weight is 282 g/mol. The summed E-state index contributed by atoms with van der Waals surface area (Å²) in [5.74, 6) is -1.46. The van der Waals surface area contributed by atoms with Crippen molar-refractivity contribution in [1.29, 1.82) is 5.26 Å². The number of rotatable bonds is 4. The van der Waals surface area contributed by atoms with E-state index in [1.807, 2.05) is 6.07 Å². The number of fused-ring (bicyclic) bond motifs is 1. The minimum absolute atomic E-state index is 0.0891. The molecule has 0 aliphatic rings. The molecule has 0 saturated heterocycles. The third-order valence-corrected chi connectivity index (χ3v) is 3.15. The number of carbonyl (C=O) groups excluding carboxylic acids is 1. The summed E-state index contributed by atoms with van der Waals surface area (Å²) < 4.78 is 0. The highest BCUT2D eigenvalue weighted by Gasteiger charge is 2.17. The molecule has 0 aliphatic heterocycles. The van der Waals surface area contributed by atoms with E-state index < -0.39 is 5.97 Å². The number of nitrogens with zero attached hydrogens (tertiary/aromatic N) is 1. The Balaban J connectivity index is 2.51. The second-order valence-corrected chi connectivity index (χ2v) is 4.75. The van der Waals surface area contributed by atoms with Crippen molar-refractivity contribution in [3.8, 4) is 6.07 Å². The predicted molar refractivity (Wildman–Crippen MR) is 78.1 cm³/mol. The van der Waals surface area contributed by atoms with Gasteiger partial charge in [0.25, 0.3) is 5.91 Å². The fraction of sp³-hybridized carbons (Fsp3) is 0.188. The van der Waals surface area contributed by atoms with Gasteiger partial charge in [0.2, 0.25) is 0 Å². The topological polar surface area (TPSA) is 90.2 Å². The van der Waals surface area contributed by atoms with Gasteiger partial charge in [-0.25, -0.2) is 4.79 Å². The third kappa shape index (κ3) is 3.00. The number of nitrogens with one attached hydrogen (secondary N) is 1. The van der Waals surface area contributed by atoms with Crippen molar-refractivity contribution in [2.75, 3.05) is 0 Å². The first kappa shape index (κ1) is 14.5. The number of hydrogen-bond donors (Lipinski definition) is 2. The average Bonchev–Trinajstić information content (AvgIpc) is 2.45. The maximum atomic E-state index is 12.3. The summed E-state index contributed by atoms with van der Waals surface area (Å²) in [5, 5.41) is 21.7. The molecule has 0 heterocycles. The van der Waals surface area contributed by atoms with E-state index in [9.17, 15) is 14.7 Å². The Morgan fingerprint density at radius 2 is 1.86 bits per heavy atom. The van der Waals surface area contributed by atoms with Gasteiger partial charge in [0, 0.05) is 17.0 Å². The van der Waals surface area contributed by atoms with Crippen LogP contribution in [0.4, 0.5) is 0 Å². The first-order valence-corrected chi connectivity index (χ1v) is 6.47. The second kappa shape index (κ2) is 6.06. The maximum Gasteiger partial charge on any atom is 0.336 e. The van der Waals surface area contributed by atoms with Crippen LogP contribution in [-0.4, -0.2) is 23.0 Å². The van der Waals surface area contributed by atoms with Crippen LogP contribution in [0.3, 0.4) is 0 Å². The predicted octanol–water partition coefficient (Wildman–Crippen LogP) is 2.57. The van der Waals surface area contributed by atoms with Crippen molar-refractivity contribution in [2.24, 2.45) is 0 Å². The molecule has 0 aromatic heterocycles. The maximum absolute atomic E-state index is 12.3. The summed E-state index contributed by atoms with van der Waals surface area (Å²) in [4.78, 5) is 23.6. The Hall–Kier alpha value is -2.87. The molecule has 21 heavy (non-hydrogen) atoms. The summed E-state index contributed by atoms with van der Waals surface area (Å²) in [5.41, 5.74) is 0.390. The Morgan fingerprint density at radius 3 is 2.43 bits per heavy atom. The van der Waals surface area contributed by atoms with Gasteiger partial charge in [-0.05, 0) is 24.4 Å². The molecule has 0 saturated carbocycles. The molecule has 0 radical (unpaired) electrons. The molecule has 0 bridgehead atoms. The van der Waals surface area contributed by atoms with Crippen LogP contribution < -0.4 is 5.32 Å². The number of nitriles is 1. The molecular formula is C16H14N2O3. The van der Waals surface area contributed by atoms with E-state index in [2.05, 4.69) is 5.32 Å². The summed E-state index contributed by atoms with van der Waals surface area (Å²) in [6, 6.07) is 11.6. The van der Waals surface area contributed by atoms with E-state index in [4.69, 9.17) is 5.26 Å². The fourth-order valence-corrected chi connectivity index (χ4v) is 2.20. The number of aromatic carboxylic acids is 1. The van der Waals surface area contributed by atoms with Gasteiger partial charge in [0.05, 0.1) is 18.1 Å². The van der Waals surface area contributed by atoms with Crippen LogP contribution in [0, 0.1) is 11.3 Å². The van der Waals surface area contributed by atoms with Crippen LogP contribution in [0.2, 0.25) is 0 Å². The van der Waals surface area contributed by atoms with E-state index >= 15 is 0 Å². The quantitative estimate of drug-likeness (QED) is 0.901. The van der Waals surface area contributed by atoms with Gasteiger partial charge in [-0.2, -0.15) is 5.26 Å². The van der Waals surface area contributed by atoms with Crippen LogP contribution in [-0.2, 0) is 0 Å². The molecule has 0 fully saturated rings. The van der Waals surface area contributed by atoms with Gasteiger partial charge in [-0.3, -0.25) is 4.79 Å². The smallest absolute Gasteiger partial charge is 0.336 e. The normalized spacial score (nSPS) is 11.6. The fourth-order valence-electron chi connectivity index (χ4n) is 2.20. The summed E-state index contributed by atoms with van der Waals surface area (Å²) in [6.45, 7) is 1.73. The summed E-state index contributed by atoms with van der Waals surface area (Å²) in [6.07, 6.45) is 0.197. The van der Waals surface area contributed by atoms with E-state index in [1.54, 1.807) is 37.3 Å². The Bertz CT molecular complexity index is 742. The zero-order valence-corrected chi connectivity index (χ0v) is 11.5. The Labute approximate surface area is 121 Å². The molecule has 0 aliphatic carbocycles. The van der Waals surface area contributed by atoms with Crippen LogP contribution >= 0.6 is 0 Å². The largest absolute Gasteiger partial charge is 0.478 e. The molecule has 1 amide bonds. The molecule has 2 N–H and O–H groups in total. The van der Waals surface area contributed by atoms with E-state index in [-0.39, 0.29) is 23.9 Å². The van der Waals surface area contributed by atoms with Crippen molar-refractivity contribution < 1.29 is 14.7 Å². The van der Waals surface area contributed by atoms with E-state index in [0.29, 0.717) is 16.3 Å².